The van der Waals surface area contributed by atoms with E-state index in [1.165, 1.54) is 0 Å². The number of aliphatic hydroxyl groups is 2. The number of rotatable bonds is 10. The van der Waals surface area contributed by atoms with Crippen molar-refractivity contribution in [1.82, 2.24) is 24.8 Å². The number of aromatic nitrogens is 4. The minimum atomic E-state index is -4.74. The zero-order chi connectivity index (χ0) is 27.8. The monoisotopic (exact) mass is 600 g/mol. The normalized spacial score (nSPS) is 30.8. The smallest absolute Gasteiger partial charge is 0.340 e. The van der Waals surface area contributed by atoms with Crippen molar-refractivity contribution in [3.63, 3.8) is 0 Å². The van der Waals surface area contributed by atoms with E-state index in [4.69, 9.17) is 31.1 Å². The summed E-state index contributed by atoms with van der Waals surface area (Å²) in [6.07, 6.45) is -4.39. The number of carbonyl (C=O) groups excluding carboxylic acids is 1. The van der Waals surface area contributed by atoms with Gasteiger partial charge in [-0.15, -0.1) is 11.6 Å². The SMILES string of the molecule is Nc1nc2c(ncn2[C@@H]2O[C@H](COP(=O)(O)CP(=O)(O)O[C@@H]3CC[C@H](NC(=O)CCl)C3)[C@@H](O)[C@H]2O)c(=O)[nH]1. The van der Waals surface area contributed by atoms with E-state index < -0.39 is 69.8 Å². The molecule has 212 valence electrons. The third-order valence-electron chi connectivity index (χ3n) is 6.04. The van der Waals surface area contributed by atoms with Crippen LogP contribution in [0.4, 0.5) is 5.95 Å². The first-order chi connectivity index (χ1) is 17.8. The summed E-state index contributed by atoms with van der Waals surface area (Å²) in [6.45, 7) is -0.735. The van der Waals surface area contributed by atoms with Crippen molar-refractivity contribution in [3.8, 4) is 0 Å². The van der Waals surface area contributed by atoms with E-state index >= 15 is 0 Å². The van der Waals surface area contributed by atoms with Gasteiger partial charge in [0.15, 0.2) is 23.3 Å². The molecule has 3 heterocycles. The topological polar surface area (TPSA) is 261 Å². The van der Waals surface area contributed by atoms with Crippen molar-refractivity contribution in [2.75, 3.05) is 24.1 Å². The van der Waals surface area contributed by atoms with E-state index in [1.54, 1.807) is 0 Å². The number of halogens is 1. The zero-order valence-electron chi connectivity index (χ0n) is 19.6. The number of nitrogens with two attached hydrogens (primary N) is 1. The number of anilines is 1. The van der Waals surface area contributed by atoms with Gasteiger partial charge in [-0.3, -0.25) is 28.3 Å². The Kier molecular flexibility index (Phi) is 8.64. The summed E-state index contributed by atoms with van der Waals surface area (Å²) in [7, 11) is -9.34. The Morgan fingerprint density at radius 1 is 1.29 bits per heavy atom. The summed E-state index contributed by atoms with van der Waals surface area (Å²) in [4.78, 5) is 53.8. The number of aliphatic hydroxyl groups excluding tert-OH is 2. The summed E-state index contributed by atoms with van der Waals surface area (Å²) in [5.74, 6) is -2.08. The molecule has 0 spiro atoms. The van der Waals surface area contributed by atoms with Crippen molar-refractivity contribution in [3.05, 3.63) is 16.7 Å². The molecule has 0 aromatic carbocycles. The van der Waals surface area contributed by atoms with Gasteiger partial charge in [0.25, 0.3) is 5.56 Å². The number of imidazole rings is 1. The highest BCUT2D eigenvalue weighted by atomic mass is 35.5. The van der Waals surface area contributed by atoms with Crippen LogP contribution in [0.2, 0.25) is 0 Å². The molecule has 20 heteroatoms. The van der Waals surface area contributed by atoms with E-state index in [-0.39, 0.29) is 35.5 Å². The first-order valence-electron chi connectivity index (χ1n) is 11.3. The molecule has 2 aromatic heterocycles. The Balaban J connectivity index is 1.34. The van der Waals surface area contributed by atoms with Gasteiger partial charge >= 0.3 is 15.2 Å². The highest BCUT2D eigenvalue weighted by Gasteiger charge is 2.46. The van der Waals surface area contributed by atoms with Gasteiger partial charge in [0, 0.05) is 6.04 Å². The average molecular weight is 601 g/mol. The Hall–Kier alpha value is -1.91. The van der Waals surface area contributed by atoms with Gasteiger partial charge in [0.2, 0.25) is 11.9 Å². The standard InChI is InChI=1S/C18H27ClN6O11P2/c19-4-11(26)22-8-1-2-9(3-8)36-38(32,33)7-37(30,31)34-5-10-13(27)14(28)17(35-10)25-6-21-12-15(25)23-18(20)24-16(12)29/h6,8-10,13-14,17,27-28H,1-5,7H2,(H,22,26)(H,30,31)(H,32,33)(H3,20,23,24,29)/t8-,9+,10+,13+,14+,17+/m0/s1. The Morgan fingerprint density at radius 2 is 2.03 bits per heavy atom. The van der Waals surface area contributed by atoms with Gasteiger partial charge in [0.05, 0.1) is 19.0 Å². The lowest BCUT2D eigenvalue weighted by molar-refractivity contribution is -0.119. The number of H-pyrrole nitrogens is 1. The highest BCUT2D eigenvalue weighted by molar-refractivity contribution is 7.70. The molecular weight excluding hydrogens is 574 g/mol. The molecule has 1 saturated heterocycles. The summed E-state index contributed by atoms with van der Waals surface area (Å²) in [6, 6.07) is -0.304. The van der Waals surface area contributed by atoms with Gasteiger partial charge in [-0.25, -0.2) is 4.98 Å². The van der Waals surface area contributed by atoms with E-state index in [0.29, 0.717) is 12.8 Å². The third-order valence-corrected chi connectivity index (χ3v) is 10.3. The summed E-state index contributed by atoms with van der Waals surface area (Å²) >= 11 is 5.45. The number of ether oxygens (including phenoxy) is 1. The quantitative estimate of drug-likeness (QED) is 0.127. The first-order valence-corrected chi connectivity index (χ1v) is 15.4. The summed E-state index contributed by atoms with van der Waals surface area (Å²) in [5.41, 5.74) is 4.79. The number of fused-ring (bicyclic) bond motifs is 1. The second-order valence-corrected chi connectivity index (χ2v) is 13.4. The lowest BCUT2D eigenvalue weighted by Gasteiger charge is -2.21. The number of nitrogens with one attached hydrogen (secondary N) is 2. The van der Waals surface area contributed by atoms with Crippen molar-refractivity contribution < 1.29 is 47.7 Å². The molecule has 8 atom stereocenters. The molecule has 2 aliphatic rings. The molecule has 1 aliphatic heterocycles. The van der Waals surface area contributed by atoms with Crippen LogP contribution in [-0.4, -0.2) is 94.3 Å². The maximum Gasteiger partial charge on any atom is 0.340 e. The lowest BCUT2D eigenvalue weighted by atomic mass is 10.1. The number of amides is 1. The maximum atomic E-state index is 12.5. The molecule has 1 saturated carbocycles. The fourth-order valence-corrected chi connectivity index (χ4v) is 7.90. The predicted molar refractivity (Wildman–Crippen MR) is 130 cm³/mol. The maximum absolute atomic E-state index is 12.5. The second kappa shape index (κ2) is 11.3. The minimum Gasteiger partial charge on any atom is -0.387 e. The number of carbonyl (C=O) groups is 1. The van der Waals surface area contributed by atoms with Gasteiger partial charge in [-0.05, 0) is 19.3 Å². The predicted octanol–water partition coefficient (Wildman–Crippen LogP) is -1.04. The van der Waals surface area contributed by atoms with E-state index in [0.717, 1.165) is 10.9 Å². The fraction of sp³-hybridized carbons (Fsp3) is 0.667. The second-order valence-electron chi connectivity index (χ2n) is 8.97. The third kappa shape index (κ3) is 6.62. The number of aromatic amines is 1. The van der Waals surface area contributed by atoms with Crippen LogP contribution in [-0.2, 0) is 27.7 Å². The largest absolute Gasteiger partial charge is 0.387 e. The van der Waals surface area contributed by atoms with Crippen LogP contribution >= 0.6 is 26.8 Å². The molecule has 1 amide bonds. The Morgan fingerprint density at radius 3 is 2.74 bits per heavy atom. The lowest BCUT2D eigenvalue weighted by Crippen LogP contribution is -2.34. The van der Waals surface area contributed by atoms with Crippen molar-refractivity contribution in [2.24, 2.45) is 0 Å². The van der Waals surface area contributed by atoms with Crippen molar-refractivity contribution >= 4 is 49.8 Å². The fourth-order valence-electron chi connectivity index (χ4n) is 4.38. The number of hydrogen-bond donors (Lipinski definition) is 7. The van der Waals surface area contributed by atoms with Gasteiger partial charge in [-0.1, -0.05) is 0 Å². The molecule has 2 unspecified atom stereocenters. The van der Waals surface area contributed by atoms with Crippen LogP contribution in [0.1, 0.15) is 25.5 Å². The van der Waals surface area contributed by atoms with Crippen molar-refractivity contribution in [1.29, 1.82) is 0 Å². The minimum absolute atomic E-state index is 0.0355. The Labute approximate surface area is 219 Å². The highest BCUT2D eigenvalue weighted by Crippen LogP contribution is 2.59. The number of nitrogen functional groups attached to an aromatic ring is 1. The average Bonchev–Trinajstić information content (AvgIpc) is 3.50. The van der Waals surface area contributed by atoms with E-state index in [9.17, 15) is 38.7 Å². The van der Waals surface area contributed by atoms with Crippen LogP contribution in [0.3, 0.4) is 0 Å². The van der Waals surface area contributed by atoms with Crippen LogP contribution in [0.25, 0.3) is 11.2 Å². The van der Waals surface area contributed by atoms with E-state index in [2.05, 4.69) is 20.3 Å². The van der Waals surface area contributed by atoms with Crippen LogP contribution in [0.5, 0.6) is 0 Å². The molecular formula is C18H27ClN6O11P2. The zero-order valence-corrected chi connectivity index (χ0v) is 22.2. The van der Waals surface area contributed by atoms with Crippen LogP contribution < -0.4 is 16.6 Å². The molecule has 2 aromatic rings. The van der Waals surface area contributed by atoms with E-state index in [1.807, 2.05) is 0 Å². The molecule has 38 heavy (non-hydrogen) atoms. The first kappa shape index (κ1) is 29.1. The van der Waals surface area contributed by atoms with Gasteiger partial charge in [-0.2, -0.15) is 4.98 Å². The van der Waals surface area contributed by atoms with Crippen molar-refractivity contribution in [2.45, 2.75) is 55.9 Å². The number of alkyl halides is 1. The van der Waals surface area contributed by atoms with Crippen LogP contribution in [0.15, 0.2) is 11.1 Å². The summed E-state index contributed by atoms with van der Waals surface area (Å²) < 4.78 is 41.8. The van der Waals surface area contributed by atoms with Gasteiger partial charge in [0.1, 0.15) is 24.2 Å². The number of hydrogen-bond acceptors (Lipinski definition) is 12. The summed E-state index contributed by atoms with van der Waals surface area (Å²) in [5, 5.41) is 23.5. The van der Waals surface area contributed by atoms with Crippen LogP contribution in [0, 0.1) is 0 Å². The molecule has 0 radical (unpaired) electrons. The molecule has 1 aliphatic carbocycles. The van der Waals surface area contributed by atoms with Gasteiger partial charge < -0.3 is 44.8 Å². The molecule has 2 fully saturated rings. The molecule has 17 nitrogen and oxygen atoms in total. The molecule has 4 rings (SSSR count). The number of nitrogens with zero attached hydrogens (tertiary/aromatic N) is 3. The molecule has 0 bridgehead atoms. The molecule has 8 N–H and O–H groups in total. The Bertz CT molecular complexity index is 1340.